The molecule has 1 nitrogen and oxygen atoms in total. The van der Waals surface area contributed by atoms with E-state index in [2.05, 4.69) is 13.8 Å². The molecule has 1 aliphatic heterocycles. The summed E-state index contributed by atoms with van der Waals surface area (Å²) in [4.78, 5) is 0. The minimum atomic E-state index is 1.37. The summed E-state index contributed by atoms with van der Waals surface area (Å²) < 4.78 is 1.47. The van der Waals surface area contributed by atoms with E-state index in [1.807, 2.05) is 0 Å². The summed E-state index contributed by atoms with van der Waals surface area (Å²) in [5.41, 5.74) is 0. The van der Waals surface area contributed by atoms with Crippen LogP contribution in [0.5, 0.6) is 0 Å². The highest BCUT2D eigenvalue weighted by Gasteiger charge is 2.27. The minimum absolute atomic E-state index is 1.37. The molecule has 0 unspecified atom stereocenters. The molecule has 0 atom stereocenters. The molecule has 0 aromatic heterocycles. The number of hydrogen-bond donors (Lipinski definition) is 0. The van der Waals surface area contributed by atoms with Crippen molar-refractivity contribution in [1.82, 2.24) is 0 Å². The zero-order valence-electron chi connectivity index (χ0n) is 12.3. The topological polar surface area (TPSA) is 0 Å². The van der Waals surface area contributed by atoms with Crippen LogP contribution in [0.1, 0.15) is 78.1 Å². The van der Waals surface area contributed by atoms with E-state index in [4.69, 9.17) is 0 Å². The first-order valence-electron chi connectivity index (χ1n) is 8.18. The highest BCUT2D eigenvalue weighted by molar-refractivity contribution is 4.55. The van der Waals surface area contributed by atoms with Gasteiger partial charge < -0.3 is 4.48 Å². The van der Waals surface area contributed by atoms with Crippen LogP contribution in [0.25, 0.3) is 0 Å². The second kappa shape index (κ2) is 8.97. The van der Waals surface area contributed by atoms with Crippen LogP contribution >= 0.6 is 0 Å². The van der Waals surface area contributed by atoms with Crippen LogP contribution in [0.3, 0.4) is 0 Å². The summed E-state index contributed by atoms with van der Waals surface area (Å²) in [5, 5.41) is 0. The van der Waals surface area contributed by atoms with Crippen LogP contribution in [0.2, 0.25) is 0 Å². The zero-order valence-corrected chi connectivity index (χ0v) is 12.3. The van der Waals surface area contributed by atoms with E-state index in [0.717, 1.165) is 0 Å². The fourth-order valence-corrected chi connectivity index (χ4v) is 3.31. The van der Waals surface area contributed by atoms with Crippen molar-refractivity contribution in [1.29, 1.82) is 0 Å². The molecule has 0 N–H and O–H groups in total. The lowest BCUT2D eigenvalue weighted by molar-refractivity contribution is -0.928. The van der Waals surface area contributed by atoms with E-state index >= 15 is 0 Å². The molecule has 1 heterocycles. The third kappa shape index (κ3) is 5.90. The molecule has 0 bridgehead atoms. The van der Waals surface area contributed by atoms with Gasteiger partial charge in [-0.15, -0.1) is 0 Å². The summed E-state index contributed by atoms with van der Waals surface area (Å²) in [6.07, 6.45) is 14.5. The first-order chi connectivity index (χ1) is 8.33. The van der Waals surface area contributed by atoms with Crippen molar-refractivity contribution in [2.24, 2.45) is 0 Å². The molecule has 0 aliphatic carbocycles. The van der Waals surface area contributed by atoms with Gasteiger partial charge in [-0.1, -0.05) is 26.7 Å². The van der Waals surface area contributed by atoms with Crippen LogP contribution in [0, 0.1) is 0 Å². The Balaban J connectivity index is 2.41. The maximum atomic E-state index is 2.32. The normalized spacial score (nSPS) is 20.1. The summed E-state index contributed by atoms with van der Waals surface area (Å²) in [7, 11) is 0. The standard InChI is InChI=1S/C16H34N/c1-3-5-9-13-17(14-10-6-4-2)15-11-7-8-12-16-17/h3-16H2,1-2H3/q+1. The second-order valence-corrected chi connectivity index (χ2v) is 6.06. The average Bonchev–Trinajstić information content (AvgIpc) is 2.56. The highest BCUT2D eigenvalue weighted by atomic mass is 15.3. The Hall–Kier alpha value is -0.0400. The number of rotatable bonds is 8. The van der Waals surface area contributed by atoms with Gasteiger partial charge >= 0.3 is 0 Å². The molecule has 1 saturated heterocycles. The lowest BCUT2D eigenvalue weighted by Crippen LogP contribution is -2.50. The van der Waals surface area contributed by atoms with E-state index in [0.29, 0.717) is 0 Å². The zero-order chi connectivity index (χ0) is 12.4. The quantitative estimate of drug-likeness (QED) is 0.424. The molecule has 1 heteroatoms. The third-order valence-corrected chi connectivity index (χ3v) is 4.49. The van der Waals surface area contributed by atoms with E-state index in [1.165, 1.54) is 94.9 Å². The predicted molar refractivity (Wildman–Crippen MR) is 77.2 cm³/mol. The molecule has 0 spiro atoms. The van der Waals surface area contributed by atoms with Gasteiger partial charge in [0, 0.05) is 0 Å². The molecular formula is C16H34N+. The van der Waals surface area contributed by atoms with Crippen molar-refractivity contribution in [3.63, 3.8) is 0 Å². The summed E-state index contributed by atoms with van der Waals surface area (Å²) in [6.45, 7) is 10.5. The molecule has 0 aromatic carbocycles. The fraction of sp³-hybridized carbons (Fsp3) is 1.00. The smallest absolute Gasteiger partial charge is 0.0786 e. The van der Waals surface area contributed by atoms with Gasteiger partial charge in [0.05, 0.1) is 26.2 Å². The molecule has 102 valence electrons. The molecule has 0 saturated carbocycles. The van der Waals surface area contributed by atoms with Crippen LogP contribution in [-0.4, -0.2) is 30.7 Å². The molecule has 1 rings (SSSR count). The largest absolute Gasteiger partial charge is 0.324 e. The van der Waals surface area contributed by atoms with Gasteiger partial charge in [-0.3, -0.25) is 0 Å². The second-order valence-electron chi connectivity index (χ2n) is 6.06. The van der Waals surface area contributed by atoms with Gasteiger partial charge in [0.15, 0.2) is 0 Å². The minimum Gasteiger partial charge on any atom is -0.324 e. The Bertz CT molecular complexity index is 156. The molecular weight excluding hydrogens is 206 g/mol. The monoisotopic (exact) mass is 240 g/mol. The van der Waals surface area contributed by atoms with Gasteiger partial charge in [0.1, 0.15) is 0 Å². The molecule has 1 aliphatic rings. The summed E-state index contributed by atoms with van der Waals surface area (Å²) >= 11 is 0. The number of quaternary nitrogens is 1. The van der Waals surface area contributed by atoms with Crippen molar-refractivity contribution in [2.75, 3.05) is 26.2 Å². The number of likely N-dealkylation sites (tertiary alicyclic amines) is 1. The third-order valence-electron chi connectivity index (χ3n) is 4.49. The molecule has 0 amide bonds. The lowest BCUT2D eigenvalue weighted by atomic mass is 10.1. The van der Waals surface area contributed by atoms with Crippen molar-refractivity contribution in [3.05, 3.63) is 0 Å². The Morgan fingerprint density at radius 3 is 1.53 bits per heavy atom. The maximum absolute atomic E-state index is 2.32. The van der Waals surface area contributed by atoms with Crippen molar-refractivity contribution >= 4 is 0 Å². The van der Waals surface area contributed by atoms with Gasteiger partial charge in [0.25, 0.3) is 0 Å². The van der Waals surface area contributed by atoms with E-state index in [1.54, 1.807) is 0 Å². The van der Waals surface area contributed by atoms with Gasteiger partial charge in [0.2, 0.25) is 0 Å². The highest BCUT2D eigenvalue weighted by Crippen LogP contribution is 2.21. The average molecular weight is 240 g/mol. The Labute approximate surface area is 109 Å². The first kappa shape index (κ1) is 15.0. The maximum Gasteiger partial charge on any atom is 0.0786 e. The van der Waals surface area contributed by atoms with Crippen LogP contribution in [-0.2, 0) is 0 Å². The van der Waals surface area contributed by atoms with Crippen LogP contribution in [0.4, 0.5) is 0 Å². The van der Waals surface area contributed by atoms with E-state index < -0.39 is 0 Å². The number of unbranched alkanes of at least 4 members (excludes halogenated alkanes) is 4. The Morgan fingerprint density at radius 1 is 0.647 bits per heavy atom. The van der Waals surface area contributed by atoms with Gasteiger partial charge in [-0.25, -0.2) is 0 Å². The van der Waals surface area contributed by atoms with E-state index in [-0.39, 0.29) is 0 Å². The fourth-order valence-electron chi connectivity index (χ4n) is 3.31. The Morgan fingerprint density at radius 2 is 1.12 bits per heavy atom. The molecule has 0 aromatic rings. The summed E-state index contributed by atoms with van der Waals surface area (Å²) in [6, 6.07) is 0. The number of nitrogens with zero attached hydrogens (tertiary/aromatic N) is 1. The van der Waals surface area contributed by atoms with Gasteiger partial charge in [-0.2, -0.15) is 0 Å². The van der Waals surface area contributed by atoms with Crippen molar-refractivity contribution < 1.29 is 4.48 Å². The first-order valence-corrected chi connectivity index (χ1v) is 8.18. The van der Waals surface area contributed by atoms with Crippen molar-refractivity contribution in [2.45, 2.75) is 78.1 Å². The lowest BCUT2D eigenvalue weighted by Gasteiger charge is -2.38. The van der Waals surface area contributed by atoms with E-state index in [9.17, 15) is 0 Å². The van der Waals surface area contributed by atoms with Crippen molar-refractivity contribution in [3.8, 4) is 0 Å². The van der Waals surface area contributed by atoms with Crippen LogP contribution in [0.15, 0.2) is 0 Å². The molecule has 1 fully saturated rings. The molecule has 0 radical (unpaired) electrons. The Kier molecular flexibility index (Phi) is 7.92. The molecule has 17 heavy (non-hydrogen) atoms. The summed E-state index contributed by atoms with van der Waals surface area (Å²) in [5.74, 6) is 0. The SMILES string of the molecule is CCCCC[N+]1(CCCCC)CCCCCC1. The van der Waals surface area contributed by atoms with Gasteiger partial charge in [-0.05, 0) is 51.4 Å². The predicted octanol–water partition coefficient (Wildman–Crippen LogP) is 4.76. The van der Waals surface area contributed by atoms with Crippen LogP contribution < -0.4 is 0 Å². The number of hydrogen-bond acceptors (Lipinski definition) is 0.